The van der Waals surface area contributed by atoms with Crippen molar-refractivity contribution in [2.45, 2.75) is 36.0 Å². The molecule has 0 aromatic rings. The molecule has 17 heteroatoms. The Kier molecular flexibility index (Phi) is 8.66. The van der Waals surface area contributed by atoms with Crippen LogP contribution in [-0.4, -0.2) is 85.8 Å². The van der Waals surface area contributed by atoms with Crippen LogP contribution in [0.1, 0.15) is 12.8 Å². The number of hydrogen-bond donors (Lipinski definition) is 1. The number of alkyl halides is 7. The Morgan fingerprint density at radius 1 is 1.09 bits per heavy atom. The Morgan fingerprint density at radius 2 is 1.62 bits per heavy atom. The van der Waals surface area contributed by atoms with Gasteiger partial charge in [-0.25, -0.2) is 4.79 Å². The third kappa shape index (κ3) is 5.87. The first-order chi connectivity index (χ1) is 14.4. The lowest BCUT2D eigenvalue weighted by molar-refractivity contribution is -0.351. The van der Waals surface area contributed by atoms with Crippen LogP contribution in [0.25, 0.3) is 0 Å². The molecule has 1 saturated heterocycles. The van der Waals surface area contributed by atoms with E-state index in [-0.39, 0.29) is 32.4 Å². The zero-order valence-corrected chi connectivity index (χ0v) is 16.9. The summed E-state index contributed by atoms with van der Waals surface area (Å²) in [6.07, 6.45) is -8.92. The molecule has 0 aliphatic carbocycles. The smallest absolute Gasteiger partial charge is 0.412 e. The standard InChI is InChI=1S/C15H18F7NO8S/c1-2-10(24)31-13(14(18,19)20,11(25)23-5-8-29-9-6-23)30-7-3-4-12(16,17)15(21,22)32(26,27)28/h2H,1,3-9H2,(H,26,27,28). The van der Waals surface area contributed by atoms with Crippen molar-refractivity contribution < 1.29 is 67.5 Å². The van der Waals surface area contributed by atoms with Crippen LogP contribution < -0.4 is 0 Å². The predicted molar refractivity (Wildman–Crippen MR) is 89.1 cm³/mol. The molecule has 0 bridgehead atoms. The SMILES string of the molecule is C=CC(=O)OC(OCCCC(F)(F)C(F)(F)S(=O)(=O)O)(C(=O)N1CCOCC1)C(F)(F)F. The summed E-state index contributed by atoms with van der Waals surface area (Å²) >= 11 is 0. The number of morpholine rings is 1. The van der Waals surface area contributed by atoms with E-state index in [2.05, 4.69) is 16.1 Å². The highest BCUT2D eigenvalue weighted by molar-refractivity contribution is 7.87. The summed E-state index contributed by atoms with van der Waals surface area (Å²) in [6.45, 7) is 0.279. The molecule has 186 valence electrons. The quantitative estimate of drug-likeness (QED) is 0.119. The number of halogens is 7. The molecule has 1 fully saturated rings. The van der Waals surface area contributed by atoms with E-state index in [1.165, 1.54) is 0 Å². The third-order valence-corrected chi connectivity index (χ3v) is 5.00. The number of carbonyl (C=O) groups excluding carboxylic acids is 2. The van der Waals surface area contributed by atoms with E-state index in [0.29, 0.717) is 4.90 Å². The molecule has 1 rings (SSSR count). The average Bonchev–Trinajstić information content (AvgIpc) is 2.68. The van der Waals surface area contributed by atoms with Gasteiger partial charge >= 0.3 is 45.1 Å². The highest BCUT2D eigenvalue weighted by atomic mass is 32.2. The van der Waals surface area contributed by atoms with Crippen molar-refractivity contribution in [3.8, 4) is 0 Å². The van der Waals surface area contributed by atoms with Gasteiger partial charge in [-0.3, -0.25) is 9.35 Å². The molecular weight excluding hydrogens is 487 g/mol. The molecule has 0 saturated carbocycles. The van der Waals surface area contributed by atoms with E-state index in [1.54, 1.807) is 0 Å². The molecule has 1 amide bonds. The first-order valence-corrected chi connectivity index (χ1v) is 10.0. The van der Waals surface area contributed by atoms with Crippen molar-refractivity contribution in [2.75, 3.05) is 32.9 Å². The molecule has 32 heavy (non-hydrogen) atoms. The maximum Gasteiger partial charge on any atom is 0.466 e. The van der Waals surface area contributed by atoms with Crippen LogP contribution in [0, 0.1) is 0 Å². The molecule has 0 aromatic carbocycles. The maximum absolute atomic E-state index is 13.8. The summed E-state index contributed by atoms with van der Waals surface area (Å²) in [6, 6.07) is 0. The zero-order chi connectivity index (χ0) is 25.0. The molecule has 1 aliphatic heterocycles. The molecule has 9 nitrogen and oxygen atoms in total. The van der Waals surface area contributed by atoms with Gasteiger partial charge in [0.1, 0.15) is 0 Å². The predicted octanol–water partition coefficient (Wildman–Crippen LogP) is 1.75. The monoisotopic (exact) mass is 505 g/mol. The van der Waals surface area contributed by atoms with E-state index < -0.39 is 64.6 Å². The Morgan fingerprint density at radius 3 is 2.06 bits per heavy atom. The van der Waals surface area contributed by atoms with Gasteiger partial charge in [-0.2, -0.15) is 39.2 Å². The number of carbonyl (C=O) groups is 2. The molecule has 1 aliphatic rings. The minimum Gasteiger partial charge on any atom is -0.412 e. The van der Waals surface area contributed by atoms with Crippen molar-refractivity contribution in [3.63, 3.8) is 0 Å². The summed E-state index contributed by atoms with van der Waals surface area (Å²) in [4.78, 5) is 24.6. The second-order valence-electron chi connectivity index (χ2n) is 6.29. The third-order valence-electron chi connectivity index (χ3n) is 4.05. The maximum atomic E-state index is 13.8. The topological polar surface area (TPSA) is 119 Å². The molecule has 1 atom stereocenters. The van der Waals surface area contributed by atoms with Gasteiger partial charge in [0, 0.05) is 25.6 Å². The van der Waals surface area contributed by atoms with E-state index >= 15 is 0 Å². The molecule has 1 unspecified atom stereocenters. The molecule has 0 spiro atoms. The van der Waals surface area contributed by atoms with Crippen molar-refractivity contribution >= 4 is 22.0 Å². The summed E-state index contributed by atoms with van der Waals surface area (Å²) in [5, 5.41) is -5.94. The number of rotatable bonds is 10. The lowest BCUT2D eigenvalue weighted by Gasteiger charge is -2.38. The van der Waals surface area contributed by atoms with Gasteiger partial charge in [-0.15, -0.1) is 0 Å². The van der Waals surface area contributed by atoms with Crippen LogP contribution >= 0.6 is 0 Å². The second kappa shape index (κ2) is 9.88. The fourth-order valence-electron chi connectivity index (χ4n) is 2.40. The lowest BCUT2D eigenvalue weighted by atomic mass is 10.1. The van der Waals surface area contributed by atoms with Gasteiger partial charge in [0.05, 0.1) is 19.8 Å². The number of ether oxygens (including phenoxy) is 3. The lowest BCUT2D eigenvalue weighted by Crippen LogP contribution is -2.63. The van der Waals surface area contributed by atoms with E-state index in [9.17, 15) is 48.7 Å². The number of nitrogens with zero attached hydrogens (tertiary/aromatic N) is 1. The Labute approximate surface area is 176 Å². The summed E-state index contributed by atoms with van der Waals surface area (Å²) in [5.41, 5.74) is 0. The van der Waals surface area contributed by atoms with E-state index in [0.717, 1.165) is 0 Å². The van der Waals surface area contributed by atoms with E-state index in [4.69, 9.17) is 9.29 Å². The Bertz CT molecular complexity index is 811. The summed E-state index contributed by atoms with van der Waals surface area (Å²) in [7, 11) is -6.55. The summed E-state index contributed by atoms with van der Waals surface area (Å²) < 4.78 is 137. The minimum absolute atomic E-state index is 0.175. The van der Waals surface area contributed by atoms with Crippen LogP contribution in [0.4, 0.5) is 30.7 Å². The fourth-order valence-corrected chi connectivity index (χ4v) is 2.88. The second-order valence-corrected chi connectivity index (χ2v) is 7.76. The van der Waals surface area contributed by atoms with E-state index in [1.807, 2.05) is 0 Å². The molecule has 1 N–H and O–H groups in total. The summed E-state index contributed by atoms with van der Waals surface area (Å²) in [5.74, 6) is -13.4. The molecular formula is C15H18F7NO8S. The largest absolute Gasteiger partial charge is 0.466 e. The van der Waals surface area contributed by atoms with Gasteiger partial charge in [-0.05, 0) is 6.42 Å². The average molecular weight is 505 g/mol. The highest BCUT2D eigenvalue weighted by Gasteiger charge is 2.68. The highest BCUT2D eigenvalue weighted by Crippen LogP contribution is 2.42. The molecule has 1 heterocycles. The number of esters is 1. The number of amides is 1. The van der Waals surface area contributed by atoms with Crippen molar-refractivity contribution in [1.82, 2.24) is 4.90 Å². The van der Waals surface area contributed by atoms with Crippen LogP contribution in [0.15, 0.2) is 12.7 Å². The van der Waals surface area contributed by atoms with Gasteiger partial charge in [0.2, 0.25) is 0 Å². The van der Waals surface area contributed by atoms with Crippen LogP contribution in [0.3, 0.4) is 0 Å². The zero-order valence-electron chi connectivity index (χ0n) is 16.0. The first kappa shape index (κ1) is 28.1. The van der Waals surface area contributed by atoms with Gasteiger partial charge in [0.25, 0.3) is 0 Å². The normalized spacial score (nSPS) is 18.1. The van der Waals surface area contributed by atoms with Crippen molar-refractivity contribution in [1.29, 1.82) is 0 Å². The van der Waals surface area contributed by atoms with Gasteiger partial charge < -0.3 is 19.1 Å². The van der Waals surface area contributed by atoms with Crippen molar-refractivity contribution in [3.05, 3.63) is 12.7 Å². The van der Waals surface area contributed by atoms with Crippen molar-refractivity contribution in [2.24, 2.45) is 0 Å². The Balaban J connectivity index is 3.12. The van der Waals surface area contributed by atoms with Gasteiger partial charge in [0.15, 0.2) is 0 Å². The first-order valence-electron chi connectivity index (χ1n) is 8.59. The molecule has 0 aromatic heterocycles. The molecule has 0 radical (unpaired) electrons. The van der Waals surface area contributed by atoms with Crippen LogP contribution in [-0.2, 0) is 33.9 Å². The Hall–Kier alpha value is -1.98. The van der Waals surface area contributed by atoms with Crippen LogP contribution in [0.2, 0.25) is 0 Å². The fraction of sp³-hybridized carbons (Fsp3) is 0.733. The van der Waals surface area contributed by atoms with Gasteiger partial charge in [-0.1, -0.05) is 6.58 Å². The minimum atomic E-state index is -6.55. The van der Waals surface area contributed by atoms with Crippen LogP contribution in [0.5, 0.6) is 0 Å². The number of hydrogen-bond acceptors (Lipinski definition) is 7.